The third-order valence-electron chi connectivity index (χ3n) is 4.16. The van der Waals surface area contributed by atoms with Crippen LogP contribution in [0.25, 0.3) is 17.0 Å². The molecule has 1 N–H and O–H groups in total. The van der Waals surface area contributed by atoms with Crippen molar-refractivity contribution in [1.29, 1.82) is 0 Å². The van der Waals surface area contributed by atoms with Crippen LogP contribution in [0.4, 0.5) is 10.6 Å². The first kappa shape index (κ1) is 17.4. The minimum absolute atomic E-state index is 0.181. The first-order valence-electron chi connectivity index (χ1n) is 8.59. The standard InChI is InChI=1S/C21H16N4O3/c26-21(27)25-10-3-4-12-28-16-7-8-19-17(13-16)20(23-14-22-19)24-18-6-2-1-5-15(18)9-11-25/h1-10,12-14H,11H2,(H,26,27). The number of carbonyl (C=O) groups is 1. The summed E-state index contributed by atoms with van der Waals surface area (Å²) in [6, 6.07) is 13.0. The number of rotatable bonds is 0. The minimum atomic E-state index is -1.05. The quantitative estimate of drug-likeness (QED) is 0.656. The number of amides is 1. The second kappa shape index (κ2) is 7.71. The van der Waals surface area contributed by atoms with Crippen LogP contribution in [-0.2, 0) is 0 Å². The molecule has 1 aromatic heterocycles. The van der Waals surface area contributed by atoms with Crippen LogP contribution >= 0.6 is 0 Å². The van der Waals surface area contributed by atoms with Gasteiger partial charge in [0.2, 0.25) is 0 Å². The molecule has 0 aliphatic carbocycles. The fraction of sp³-hybridized carbons (Fsp3) is 0.0476. The summed E-state index contributed by atoms with van der Waals surface area (Å²) in [5, 5.41) is 11.7. The molecule has 138 valence electrons. The molecule has 1 aliphatic rings. The Kier molecular flexibility index (Phi) is 4.79. The van der Waals surface area contributed by atoms with E-state index < -0.39 is 6.09 Å². The molecule has 7 nitrogen and oxygen atoms in total. The molecule has 2 aromatic carbocycles. The molecule has 0 saturated carbocycles. The Morgan fingerprint density at radius 3 is 2.89 bits per heavy atom. The van der Waals surface area contributed by atoms with E-state index in [9.17, 15) is 9.90 Å². The van der Waals surface area contributed by atoms with Gasteiger partial charge >= 0.3 is 6.09 Å². The van der Waals surface area contributed by atoms with Gasteiger partial charge in [-0.15, -0.1) is 0 Å². The molecule has 0 spiro atoms. The zero-order valence-electron chi connectivity index (χ0n) is 14.8. The molecule has 1 aliphatic heterocycles. The number of allylic oxidation sites excluding steroid dienone is 2. The van der Waals surface area contributed by atoms with Crippen molar-refractivity contribution in [2.75, 3.05) is 6.54 Å². The third kappa shape index (κ3) is 3.73. The van der Waals surface area contributed by atoms with Crippen molar-refractivity contribution in [3.63, 3.8) is 0 Å². The number of hydrogen-bond donors (Lipinski definition) is 1. The Bertz CT molecular complexity index is 1220. The minimum Gasteiger partial charge on any atom is -0.465 e. The largest absolute Gasteiger partial charge is 0.465 e. The van der Waals surface area contributed by atoms with Gasteiger partial charge < -0.3 is 9.84 Å². The molecule has 0 radical (unpaired) electrons. The maximum Gasteiger partial charge on any atom is 0.411 e. The van der Waals surface area contributed by atoms with Gasteiger partial charge in [-0.1, -0.05) is 24.3 Å². The van der Waals surface area contributed by atoms with Crippen molar-refractivity contribution in [2.24, 2.45) is 4.99 Å². The summed E-state index contributed by atoms with van der Waals surface area (Å²) in [6.45, 7) is 0.181. The monoisotopic (exact) mass is 372 g/mol. The van der Waals surface area contributed by atoms with Crippen LogP contribution < -0.4 is 15.3 Å². The van der Waals surface area contributed by atoms with E-state index in [2.05, 4.69) is 9.97 Å². The van der Waals surface area contributed by atoms with Crippen molar-refractivity contribution < 1.29 is 14.6 Å². The average molecular weight is 372 g/mol. The van der Waals surface area contributed by atoms with E-state index in [0.717, 1.165) is 16.1 Å². The Morgan fingerprint density at radius 2 is 2.00 bits per heavy atom. The van der Waals surface area contributed by atoms with Gasteiger partial charge in [0.1, 0.15) is 12.1 Å². The predicted molar refractivity (Wildman–Crippen MR) is 105 cm³/mol. The Labute approximate surface area is 160 Å². The number of carboxylic acid groups (broad SMARTS) is 1. The molecule has 0 saturated heterocycles. The zero-order chi connectivity index (χ0) is 19.3. The number of hydrogen-bond acceptors (Lipinski definition) is 5. The SMILES string of the molecule is O=C(O)N1C=CC=COc2ccc3ncnc(c3c2)N=c2ccccc2=CC1. The second-order valence-electron chi connectivity index (χ2n) is 5.97. The number of aromatic nitrogens is 2. The third-order valence-corrected chi connectivity index (χ3v) is 4.16. The van der Waals surface area contributed by atoms with Crippen LogP contribution in [0.2, 0.25) is 0 Å². The Morgan fingerprint density at radius 1 is 1.11 bits per heavy atom. The normalized spacial score (nSPS) is 13.6. The molecule has 4 rings (SSSR count). The highest BCUT2D eigenvalue weighted by Gasteiger charge is 2.07. The fourth-order valence-electron chi connectivity index (χ4n) is 2.78. The highest BCUT2D eigenvalue weighted by molar-refractivity contribution is 5.88. The molecule has 0 fully saturated rings. The molecule has 28 heavy (non-hydrogen) atoms. The summed E-state index contributed by atoms with van der Waals surface area (Å²) < 4.78 is 5.61. The summed E-state index contributed by atoms with van der Waals surface area (Å²) in [5.74, 6) is 1.12. The molecule has 2 heterocycles. The summed E-state index contributed by atoms with van der Waals surface area (Å²) in [6.07, 6.45) is 8.42. The molecule has 7 heteroatoms. The maximum atomic E-state index is 11.5. The lowest BCUT2D eigenvalue weighted by Crippen LogP contribution is -2.29. The van der Waals surface area contributed by atoms with E-state index >= 15 is 0 Å². The van der Waals surface area contributed by atoms with Crippen LogP contribution in [0.5, 0.6) is 5.75 Å². The Balaban J connectivity index is 1.96. The molecular weight excluding hydrogens is 356 g/mol. The average Bonchev–Trinajstić information content (AvgIpc) is 2.71. The van der Waals surface area contributed by atoms with Gasteiger partial charge in [0, 0.05) is 18.1 Å². The van der Waals surface area contributed by atoms with Crippen molar-refractivity contribution in [3.8, 4) is 5.75 Å². The van der Waals surface area contributed by atoms with Crippen LogP contribution in [0, 0.1) is 0 Å². The predicted octanol–water partition coefficient (Wildman–Crippen LogP) is 2.76. The molecule has 0 atom stereocenters. The number of para-hydroxylation sites is 1. The van der Waals surface area contributed by atoms with Gasteiger partial charge in [-0.3, -0.25) is 4.90 Å². The molecule has 3 aromatic rings. The van der Waals surface area contributed by atoms with Crippen LogP contribution in [-0.4, -0.2) is 32.6 Å². The van der Waals surface area contributed by atoms with Crippen molar-refractivity contribution in [2.45, 2.75) is 0 Å². The highest BCUT2D eigenvalue weighted by atomic mass is 16.5. The first-order valence-corrected chi connectivity index (χ1v) is 8.59. The topological polar surface area (TPSA) is 87.9 Å². The fourth-order valence-corrected chi connectivity index (χ4v) is 2.78. The van der Waals surface area contributed by atoms with Gasteiger partial charge in [-0.05, 0) is 41.6 Å². The van der Waals surface area contributed by atoms with E-state index in [-0.39, 0.29) is 6.54 Å². The molecule has 2 bridgehead atoms. The van der Waals surface area contributed by atoms with E-state index in [1.54, 1.807) is 18.2 Å². The maximum absolute atomic E-state index is 11.5. The first-order chi connectivity index (χ1) is 13.7. The van der Waals surface area contributed by atoms with Crippen molar-refractivity contribution in [1.82, 2.24) is 14.9 Å². The van der Waals surface area contributed by atoms with Crippen molar-refractivity contribution >= 4 is 28.9 Å². The van der Waals surface area contributed by atoms with Crippen molar-refractivity contribution in [3.05, 3.63) is 84.0 Å². The lowest BCUT2D eigenvalue weighted by Gasteiger charge is -2.10. The molecule has 1 amide bonds. The van der Waals surface area contributed by atoms with Crippen LogP contribution in [0.15, 0.2) is 78.4 Å². The summed E-state index contributed by atoms with van der Waals surface area (Å²) in [5.41, 5.74) is 0.757. The summed E-state index contributed by atoms with van der Waals surface area (Å²) in [4.78, 5) is 25.9. The summed E-state index contributed by atoms with van der Waals surface area (Å²) >= 11 is 0. The Hall–Kier alpha value is -4.00. The summed E-state index contributed by atoms with van der Waals surface area (Å²) in [7, 11) is 0. The van der Waals surface area contributed by atoms with Gasteiger partial charge in [-0.25, -0.2) is 19.8 Å². The zero-order valence-corrected chi connectivity index (χ0v) is 14.8. The van der Waals surface area contributed by atoms with Gasteiger partial charge in [-0.2, -0.15) is 0 Å². The lowest BCUT2D eigenvalue weighted by atomic mass is 10.2. The van der Waals surface area contributed by atoms with Crippen LogP contribution in [0.1, 0.15) is 0 Å². The molecule has 0 unspecified atom stereocenters. The smallest absolute Gasteiger partial charge is 0.411 e. The highest BCUT2D eigenvalue weighted by Crippen LogP contribution is 2.25. The van der Waals surface area contributed by atoms with Gasteiger partial charge in [0.15, 0.2) is 5.82 Å². The number of fused-ring (bicyclic) bond motifs is 2. The number of ether oxygens (including phenoxy) is 1. The van der Waals surface area contributed by atoms with Gasteiger partial charge in [0.05, 0.1) is 17.1 Å². The van der Waals surface area contributed by atoms with Gasteiger partial charge in [0.25, 0.3) is 0 Å². The van der Waals surface area contributed by atoms with E-state index in [4.69, 9.17) is 9.73 Å². The van der Waals surface area contributed by atoms with E-state index in [0.29, 0.717) is 16.9 Å². The van der Waals surface area contributed by atoms with E-state index in [1.807, 2.05) is 42.5 Å². The van der Waals surface area contributed by atoms with Crippen LogP contribution in [0.3, 0.4) is 0 Å². The second-order valence-corrected chi connectivity index (χ2v) is 5.97. The number of benzene rings is 2. The van der Waals surface area contributed by atoms with E-state index in [1.165, 1.54) is 23.7 Å². The molecular formula is C21H16N4O3. The lowest BCUT2D eigenvalue weighted by molar-refractivity contribution is 0.167. The number of nitrogens with zero attached hydrogens (tertiary/aromatic N) is 4.